The first-order chi connectivity index (χ1) is 10.1. The number of nitrogens with zero attached hydrogens (tertiary/aromatic N) is 1. The number of rotatable bonds is 3. The van der Waals surface area contributed by atoms with Gasteiger partial charge in [-0.15, -0.1) is 0 Å². The summed E-state index contributed by atoms with van der Waals surface area (Å²) in [7, 11) is 0. The summed E-state index contributed by atoms with van der Waals surface area (Å²) < 4.78 is 12.1. The van der Waals surface area contributed by atoms with E-state index in [4.69, 9.17) is 14.6 Å². The van der Waals surface area contributed by atoms with E-state index in [9.17, 15) is 4.79 Å². The minimum atomic E-state index is -0.908. The van der Waals surface area contributed by atoms with E-state index in [2.05, 4.69) is 20.8 Å². The molecule has 2 heterocycles. The molecule has 0 saturated carbocycles. The molecule has 2 aliphatic rings. The van der Waals surface area contributed by atoms with E-state index < -0.39 is 5.97 Å². The molecule has 114 valence electrons. The smallest absolute Gasteiger partial charge is 0.335 e. The maximum atomic E-state index is 11.0. The highest BCUT2D eigenvalue weighted by molar-refractivity contribution is 9.10. The van der Waals surface area contributed by atoms with Gasteiger partial charge >= 0.3 is 5.97 Å². The Balaban J connectivity index is 1.80. The summed E-state index contributed by atoms with van der Waals surface area (Å²) in [6.07, 6.45) is 0.984. The maximum absolute atomic E-state index is 11.0. The number of carboxylic acids is 1. The van der Waals surface area contributed by atoms with Crippen molar-refractivity contribution in [2.75, 3.05) is 33.0 Å². The molecule has 1 N–H and O–H groups in total. The molecule has 3 rings (SSSR count). The molecular weight excluding hydrogens is 338 g/mol. The number of benzene rings is 1. The summed E-state index contributed by atoms with van der Waals surface area (Å²) in [6.45, 7) is 4.56. The highest BCUT2D eigenvalue weighted by atomic mass is 79.9. The monoisotopic (exact) mass is 355 g/mol. The molecule has 0 amide bonds. The van der Waals surface area contributed by atoms with Crippen molar-refractivity contribution in [2.24, 2.45) is 0 Å². The molecule has 0 aromatic heterocycles. The van der Waals surface area contributed by atoms with Gasteiger partial charge in [0.15, 0.2) is 0 Å². The Morgan fingerprint density at radius 3 is 2.76 bits per heavy atom. The predicted molar refractivity (Wildman–Crippen MR) is 80.5 cm³/mol. The van der Waals surface area contributed by atoms with E-state index in [1.807, 2.05) is 6.07 Å². The second kappa shape index (κ2) is 6.04. The summed E-state index contributed by atoms with van der Waals surface area (Å²) in [5.41, 5.74) is 1.36. The van der Waals surface area contributed by atoms with Crippen molar-refractivity contribution in [3.05, 3.63) is 33.8 Å². The first-order valence-corrected chi connectivity index (χ1v) is 7.82. The van der Waals surface area contributed by atoms with Gasteiger partial charge in [-0.3, -0.25) is 4.90 Å². The largest absolute Gasteiger partial charge is 0.478 e. The van der Waals surface area contributed by atoms with Gasteiger partial charge < -0.3 is 14.6 Å². The molecule has 1 spiro atoms. The number of hydrogen-bond acceptors (Lipinski definition) is 4. The van der Waals surface area contributed by atoms with E-state index in [0.29, 0.717) is 18.8 Å². The minimum absolute atomic E-state index is 0.0246. The van der Waals surface area contributed by atoms with Crippen LogP contribution in [0.15, 0.2) is 22.7 Å². The van der Waals surface area contributed by atoms with Crippen LogP contribution in [-0.2, 0) is 16.0 Å². The second-order valence-electron chi connectivity index (χ2n) is 5.61. The lowest BCUT2D eigenvalue weighted by atomic mass is 9.95. The molecule has 2 fully saturated rings. The normalized spacial score (nSPS) is 26.3. The van der Waals surface area contributed by atoms with Gasteiger partial charge in [-0.1, -0.05) is 22.0 Å². The highest BCUT2D eigenvalue weighted by Crippen LogP contribution is 2.32. The van der Waals surface area contributed by atoms with Gasteiger partial charge in [-0.2, -0.15) is 0 Å². The number of morpholine rings is 1. The number of carbonyl (C=O) groups is 1. The average molecular weight is 356 g/mol. The van der Waals surface area contributed by atoms with Gasteiger partial charge in [0.25, 0.3) is 0 Å². The van der Waals surface area contributed by atoms with E-state index in [1.165, 1.54) is 0 Å². The third kappa shape index (κ3) is 2.99. The van der Waals surface area contributed by atoms with Crippen LogP contribution in [-0.4, -0.2) is 54.5 Å². The van der Waals surface area contributed by atoms with Crippen molar-refractivity contribution < 1.29 is 19.4 Å². The van der Waals surface area contributed by atoms with Crippen LogP contribution in [0, 0.1) is 0 Å². The lowest BCUT2D eigenvalue weighted by Crippen LogP contribution is -2.56. The lowest BCUT2D eigenvalue weighted by molar-refractivity contribution is -0.0750. The Labute approximate surface area is 132 Å². The number of halogens is 1. The van der Waals surface area contributed by atoms with Crippen molar-refractivity contribution in [1.82, 2.24) is 4.90 Å². The molecular formula is C15H18BrNO4. The highest BCUT2D eigenvalue weighted by Gasteiger charge is 2.43. The van der Waals surface area contributed by atoms with Crippen LogP contribution in [0.4, 0.5) is 0 Å². The molecule has 5 nitrogen and oxygen atoms in total. The maximum Gasteiger partial charge on any atom is 0.335 e. The van der Waals surface area contributed by atoms with Crippen LogP contribution in [0.25, 0.3) is 0 Å². The lowest BCUT2D eigenvalue weighted by Gasteiger charge is -2.43. The van der Waals surface area contributed by atoms with Gasteiger partial charge in [0, 0.05) is 24.2 Å². The van der Waals surface area contributed by atoms with Gasteiger partial charge in [0.05, 0.1) is 30.9 Å². The molecule has 2 aliphatic heterocycles. The van der Waals surface area contributed by atoms with Crippen molar-refractivity contribution in [3.8, 4) is 0 Å². The van der Waals surface area contributed by atoms with E-state index in [-0.39, 0.29) is 5.54 Å². The topological polar surface area (TPSA) is 59.0 Å². The summed E-state index contributed by atoms with van der Waals surface area (Å²) in [5.74, 6) is -0.908. The van der Waals surface area contributed by atoms with Crippen LogP contribution in [0.3, 0.4) is 0 Å². The third-order valence-corrected chi connectivity index (χ3v) is 5.03. The number of hydrogen-bond donors (Lipinski definition) is 1. The van der Waals surface area contributed by atoms with Crippen molar-refractivity contribution in [2.45, 2.75) is 18.5 Å². The quantitative estimate of drug-likeness (QED) is 0.899. The fourth-order valence-corrected chi connectivity index (χ4v) is 3.49. The van der Waals surface area contributed by atoms with Gasteiger partial charge in [0.2, 0.25) is 0 Å². The molecule has 2 saturated heterocycles. The number of carboxylic acid groups (broad SMARTS) is 1. The van der Waals surface area contributed by atoms with Crippen LogP contribution in [0.2, 0.25) is 0 Å². The van der Waals surface area contributed by atoms with Crippen LogP contribution in [0.5, 0.6) is 0 Å². The summed E-state index contributed by atoms with van der Waals surface area (Å²) in [4.78, 5) is 13.4. The zero-order valence-corrected chi connectivity index (χ0v) is 13.3. The molecule has 21 heavy (non-hydrogen) atoms. The molecule has 0 radical (unpaired) electrons. The van der Waals surface area contributed by atoms with Gasteiger partial charge in [-0.25, -0.2) is 4.79 Å². The van der Waals surface area contributed by atoms with E-state index >= 15 is 0 Å². The molecule has 1 aromatic carbocycles. The minimum Gasteiger partial charge on any atom is -0.478 e. The fourth-order valence-electron chi connectivity index (χ4n) is 2.99. The van der Waals surface area contributed by atoms with Gasteiger partial charge in [0.1, 0.15) is 0 Å². The SMILES string of the molecule is O=C(O)c1ccc(CN2CCOCC23CCOC3)c(Br)c1. The number of aromatic carboxylic acids is 1. The van der Waals surface area contributed by atoms with Crippen LogP contribution < -0.4 is 0 Å². The van der Waals surface area contributed by atoms with Crippen molar-refractivity contribution in [3.63, 3.8) is 0 Å². The molecule has 0 aliphatic carbocycles. The third-order valence-electron chi connectivity index (χ3n) is 4.29. The van der Waals surface area contributed by atoms with Crippen LogP contribution >= 0.6 is 15.9 Å². The van der Waals surface area contributed by atoms with Crippen molar-refractivity contribution in [1.29, 1.82) is 0 Å². The summed E-state index contributed by atoms with van der Waals surface area (Å²) in [6, 6.07) is 5.20. The summed E-state index contributed by atoms with van der Waals surface area (Å²) >= 11 is 3.49. The zero-order chi connectivity index (χ0) is 14.9. The molecule has 0 bridgehead atoms. The Morgan fingerprint density at radius 2 is 2.10 bits per heavy atom. The molecule has 1 aromatic rings. The Hall–Kier alpha value is -0.950. The first-order valence-electron chi connectivity index (χ1n) is 7.03. The van der Waals surface area contributed by atoms with E-state index in [1.54, 1.807) is 12.1 Å². The summed E-state index contributed by atoms with van der Waals surface area (Å²) in [5, 5.41) is 9.02. The van der Waals surface area contributed by atoms with Crippen LogP contribution in [0.1, 0.15) is 22.3 Å². The van der Waals surface area contributed by atoms with Crippen molar-refractivity contribution >= 4 is 21.9 Å². The predicted octanol–water partition coefficient (Wildman–Crippen LogP) is 2.14. The van der Waals surface area contributed by atoms with Gasteiger partial charge in [-0.05, 0) is 24.1 Å². The van der Waals surface area contributed by atoms with E-state index in [0.717, 1.165) is 42.8 Å². The standard InChI is InChI=1S/C15H18BrNO4/c16-13-7-11(14(18)19)1-2-12(13)8-17-4-6-21-10-15(17)3-5-20-9-15/h1-2,7H,3-6,8-10H2,(H,18,19). The zero-order valence-electron chi connectivity index (χ0n) is 11.7. The fraction of sp³-hybridized carbons (Fsp3) is 0.533. The Kier molecular flexibility index (Phi) is 4.31. The average Bonchev–Trinajstić information content (AvgIpc) is 2.92. The Bertz CT molecular complexity index is 542. The second-order valence-corrected chi connectivity index (χ2v) is 6.47. The Morgan fingerprint density at radius 1 is 1.33 bits per heavy atom. The number of ether oxygens (including phenoxy) is 2. The molecule has 1 atom stereocenters. The first kappa shape index (κ1) is 15.0. The molecule has 6 heteroatoms. The molecule has 1 unspecified atom stereocenters.